The molecule has 0 radical (unpaired) electrons. The minimum atomic E-state index is -1.62. The Morgan fingerprint density at radius 3 is 1.50 bits per heavy atom. The summed E-state index contributed by atoms with van der Waals surface area (Å²) in [6.07, 6.45) is 2.54. The Balaban J connectivity index is 5.02. The van der Waals surface area contributed by atoms with E-state index in [0.717, 1.165) is 0 Å². The van der Waals surface area contributed by atoms with E-state index in [9.17, 15) is 53.4 Å². The number of aliphatic carboxylic acids is 2. The molecule has 0 unspecified atom stereocenters. The van der Waals surface area contributed by atoms with Crippen molar-refractivity contribution in [1.29, 1.82) is 0 Å². The number of amides is 7. The molecule has 0 heterocycles. The molecule has 0 saturated heterocycles. The zero-order chi connectivity index (χ0) is 38.6. The van der Waals surface area contributed by atoms with Crippen LogP contribution in [0.5, 0.6) is 0 Å². The Bertz CT molecular complexity index is 1220. The molecule has 0 aromatic carbocycles. The third kappa shape index (κ3) is 18.3. The van der Waals surface area contributed by atoms with Gasteiger partial charge in [0.1, 0.15) is 36.3 Å². The summed E-state index contributed by atoms with van der Waals surface area (Å²) in [5.41, 5.74) is 11.1. The van der Waals surface area contributed by atoms with Crippen molar-refractivity contribution in [2.75, 3.05) is 25.1 Å². The monoisotopic (exact) mass is 733 g/mol. The summed E-state index contributed by atoms with van der Waals surface area (Å²) in [4.78, 5) is 110. The summed E-state index contributed by atoms with van der Waals surface area (Å²) >= 11 is 1.48. The summed E-state index contributed by atoms with van der Waals surface area (Å²) in [7, 11) is 0. The summed E-state index contributed by atoms with van der Waals surface area (Å²) in [6.45, 7) is 4.95. The fourth-order valence-electron chi connectivity index (χ4n) is 3.94. The molecule has 0 saturated carbocycles. The number of nitrogens with two attached hydrogens (primary N) is 2. The van der Waals surface area contributed by atoms with Crippen LogP contribution in [0.15, 0.2) is 0 Å². The van der Waals surface area contributed by atoms with Crippen LogP contribution in [0.4, 0.5) is 0 Å². The highest BCUT2D eigenvalue weighted by Crippen LogP contribution is 2.02. The molecule has 7 atom stereocenters. The molecular formula is C29H51N9O11S. The van der Waals surface area contributed by atoms with Crippen LogP contribution in [-0.2, 0) is 43.2 Å². The van der Waals surface area contributed by atoms with E-state index >= 15 is 0 Å². The Labute approximate surface area is 294 Å². The Morgan fingerprint density at radius 2 is 1.08 bits per heavy atom. The first-order chi connectivity index (χ1) is 23.3. The largest absolute Gasteiger partial charge is 0.481 e. The number of thioether (sulfide) groups is 1. The summed E-state index contributed by atoms with van der Waals surface area (Å²) in [6, 6.07) is -8.55. The standard InChI is InChI=1S/C29H51N9O11S/c1-14(23(42)33-15(2)24(43)35-17(4)26(45)38-19(29(48)49)8-6-7-10-30)34-25(44)16(3)36-28(47)20(12-22(40)41)37-21(39)13-32-27(46)18(31)9-11-50-5/h14-20H,6-13,30-31H2,1-5H3,(H,32,46)(H,33,42)(H,34,44)(H,35,43)(H,36,47)(H,37,39)(H,38,45)(H,40,41)(H,48,49)/t14-,15-,16-,17-,18-,19-,20-/m0/s1. The van der Waals surface area contributed by atoms with Gasteiger partial charge < -0.3 is 58.9 Å². The molecule has 21 heteroatoms. The number of hydrogen-bond acceptors (Lipinski definition) is 12. The van der Waals surface area contributed by atoms with Crippen LogP contribution in [0.2, 0.25) is 0 Å². The maximum absolute atomic E-state index is 12.8. The maximum atomic E-state index is 12.8. The number of carbonyl (C=O) groups excluding carboxylic acids is 7. The quantitative estimate of drug-likeness (QED) is 0.0420. The van der Waals surface area contributed by atoms with Crippen molar-refractivity contribution in [2.45, 2.75) is 102 Å². The van der Waals surface area contributed by atoms with E-state index in [-0.39, 0.29) is 6.42 Å². The lowest BCUT2D eigenvalue weighted by Crippen LogP contribution is -2.58. The summed E-state index contributed by atoms with van der Waals surface area (Å²) in [5, 5.41) is 34.7. The lowest BCUT2D eigenvalue weighted by atomic mass is 10.1. The number of unbranched alkanes of at least 4 members (excludes halogenated alkanes) is 1. The van der Waals surface area contributed by atoms with E-state index in [1.807, 2.05) is 6.26 Å². The number of carboxylic acid groups (broad SMARTS) is 2. The van der Waals surface area contributed by atoms with Crippen molar-refractivity contribution in [1.82, 2.24) is 37.2 Å². The average Bonchev–Trinajstić information content (AvgIpc) is 3.04. The lowest BCUT2D eigenvalue weighted by Gasteiger charge is -2.23. The first-order valence-electron chi connectivity index (χ1n) is 15.8. The fraction of sp³-hybridized carbons (Fsp3) is 0.690. The van der Waals surface area contributed by atoms with Gasteiger partial charge in [-0.3, -0.25) is 38.4 Å². The predicted octanol–water partition coefficient (Wildman–Crippen LogP) is -4.14. The van der Waals surface area contributed by atoms with Crippen LogP contribution in [0.3, 0.4) is 0 Å². The van der Waals surface area contributed by atoms with Crippen LogP contribution in [0.1, 0.15) is 59.8 Å². The van der Waals surface area contributed by atoms with Crippen LogP contribution in [-0.4, -0.2) is 131 Å². The molecule has 0 aliphatic rings. The minimum absolute atomic E-state index is 0.145. The molecular weight excluding hydrogens is 682 g/mol. The third-order valence-electron chi connectivity index (χ3n) is 6.99. The highest BCUT2D eigenvalue weighted by atomic mass is 32.2. The second-order valence-electron chi connectivity index (χ2n) is 11.4. The Kier molecular flexibility index (Phi) is 21.6. The molecule has 20 nitrogen and oxygen atoms in total. The van der Waals surface area contributed by atoms with Crippen LogP contribution in [0, 0.1) is 0 Å². The van der Waals surface area contributed by atoms with E-state index in [1.165, 1.54) is 39.5 Å². The van der Waals surface area contributed by atoms with Gasteiger partial charge in [-0.15, -0.1) is 0 Å². The summed E-state index contributed by atoms with van der Waals surface area (Å²) in [5.74, 6) is -7.80. The second kappa shape index (κ2) is 23.8. The zero-order valence-electron chi connectivity index (χ0n) is 28.8. The molecule has 0 fully saturated rings. The van der Waals surface area contributed by atoms with Gasteiger partial charge in [0, 0.05) is 0 Å². The lowest BCUT2D eigenvalue weighted by molar-refractivity contribution is -0.142. The van der Waals surface area contributed by atoms with Gasteiger partial charge in [0.05, 0.1) is 19.0 Å². The number of hydrogen-bond donors (Lipinski definition) is 11. The van der Waals surface area contributed by atoms with Crippen LogP contribution in [0.25, 0.3) is 0 Å². The van der Waals surface area contributed by atoms with Gasteiger partial charge in [0.15, 0.2) is 0 Å². The molecule has 13 N–H and O–H groups in total. The van der Waals surface area contributed by atoms with Gasteiger partial charge in [-0.1, -0.05) is 0 Å². The van der Waals surface area contributed by atoms with E-state index in [4.69, 9.17) is 11.5 Å². The molecule has 0 aromatic rings. The first-order valence-corrected chi connectivity index (χ1v) is 17.2. The molecule has 0 aliphatic heterocycles. The number of rotatable bonds is 24. The molecule has 50 heavy (non-hydrogen) atoms. The molecule has 0 aromatic heterocycles. The Morgan fingerprint density at radius 1 is 0.620 bits per heavy atom. The molecule has 0 rings (SSSR count). The predicted molar refractivity (Wildman–Crippen MR) is 181 cm³/mol. The van der Waals surface area contributed by atoms with Crippen molar-refractivity contribution in [2.24, 2.45) is 11.5 Å². The minimum Gasteiger partial charge on any atom is -0.481 e. The number of carboxylic acids is 2. The SMILES string of the molecule is CSCC[C@H](N)C(=O)NCC(=O)N[C@@H](CC(=O)O)C(=O)N[C@@H](C)C(=O)N[C@@H](C)C(=O)N[C@@H](C)C(=O)N[C@@H](C)C(=O)N[C@@H](CCCCN)C(=O)O. The molecule has 0 aliphatic carbocycles. The van der Waals surface area contributed by atoms with Crippen LogP contribution >= 0.6 is 11.8 Å². The topological polar surface area (TPSA) is 330 Å². The Hall–Kier alpha value is -4.50. The second-order valence-corrected chi connectivity index (χ2v) is 12.4. The van der Waals surface area contributed by atoms with Crippen molar-refractivity contribution in [3.63, 3.8) is 0 Å². The highest BCUT2D eigenvalue weighted by Gasteiger charge is 2.29. The van der Waals surface area contributed by atoms with Crippen molar-refractivity contribution >= 4 is 65.1 Å². The average molecular weight is 734 g/mol. The normalized spacial score (nSPS) is 14.9. The zero-order valence-corrected chi connectivity index (χ0v) is 29.6. The van der Waals surface area contributed by atoms with Gasteiger partial charge in [-0.25, -0.2) is 4.79 Å². The number of nitrogens with one attached hydrogen (secondary N) is 7. The molecule has 284 valence electrons. The molecule has 0 bridgehead atoms. The van der Waals surface area contributed by atoms with Gasteiger partial charge in [-0.05, 0) is 71.9 Å². The van der Waals surface area contributed by atoms with Gasteiger partial charge in [-0.2, -0.15) is 11.8 Å². The van der Waals surface area contributed by atoms with Crippen molar-refractivity contribution in [3.8, 4) is 0 Å². The smallest absolute Gasteiger partial charge is 0.326 e. The van der Waals surface area contributed by atoms with Gasteiger partial charge in [0.25, 0.3) is 0 Å². The molecule has 7 amide bonds. The van der Waals surface area contributed by atoms with Crippen molar-refractivity contribution < 1.29 is 53.4 Å². The van der Waals surface area contributed by atoms with E-state index < -0.39 is 109 Å². The first kappa shape index (κ1) is 45.5. The van der Waals surface area contributed by atoms with Crippen LogP contribution < -0.4 is 48.7 Å². The third-order valence-corrected chi connectivity index (χ3v) is 7.64. The highest BCUT2D eigenvalue weighted by molar-refractivity contribution is 7.98. The van der Waals surface area contributed by atoms with Crippen molar-refractivity contribution in [3.05, 3.63) is 0 Å². The molecule has 0 spiro atoms. The van der Waals surface area contributed by atoms with E-state index in [0.29, 0.717) is 31.6 Å². The van der Waals surface area contributed by atoms with E-state index in [2.05, 4.69) is 37.2 Å². The van der Waals surface area contributed by atoms with Gasteiger partial charge in [0.2, 0.25) is 41.4 Å². The summed E-state index contributed by atoms with van der Waals surface area (Å²) < 4.78 is 0. The van der Waals surface area contributed by atoms with E-state index in [1.54, 1.807) is 0 Å². The maximum Gasteiger partial charge on any atom is 0.326 e. The fourth-order valence-corrected chi connectivity index (χ4v) is 4.43. The number of carbonyl (C=O) groups is 9. The van der Waals surface area contributed by atoms with Gasteiger partial charge >= 0.3 is 11.9 Å².